The monoisotopic (exact) mass is 397 g/mol. The first-order valence-electron chi connectivity index (χ1n) is 5.92. The van der Waals surface area contributed by atoms with Crippen LogP contribution >= 0.6 is 22.6 Å². The summed E-state index contributed by atoms with van der Waals surface area (Å²) in [6, 6.07) is 8.38. The van der Waals surface area contributed by atoms with Gasteiger partial charge in [0.05, 0.1) is 16.9 Å². The summed E-state index contributed by atoms with van der Waals surface area (Å²) in [5, 5.41) is 13.6. The number of hydrogen-bond donors (Lipinski definition) is 2. The topological polar surface area (TPSA) is 83.8 Å². The minimum Gasteiger partial charge on any atom is -0.504 e. The lowest BCUT2D eigenvalue weighted by Crippen LogP contribution is -2.18. The Bertz CT molecular complexity index is 675. The maximum Gasteiger partial charge on any atom is 0.289 e. The van der Waals surface area contributed by atoms with Crippen LogP contribution < -0.4 is 10.2 Å². The quantitative estimate of drug-likeness (QED) is 0.471. The van der Waals surface area contributed by atoms with Crippen LogP contribution in [0.5, 0.6) is 11.5 Å². The SMILES string of the molecule is COc1cc(C=NNC(=O)c2ccccn2)cc(I)c1O. The minimum atomic E-state index is -0.396. The van der Waals surface area contributed by atoms with E-state index in [4.69, 9.17) is 4.74 Å². The fourth-order valence-corrected chi connectivity index (χ4v) is 2.17. The average molecular weight is 397 g/mol. The zero-order chi connectivity index (χ0) is 15.2. The molecule has 108 valence electrons. The molecule has 0 saturated carbocycles. The molecule has 1 aromatic heterocycles. The van der Waals surface area contributed by atoms with Crippen LogP contribution in [0.25, 0.3) is 0 Å². The van der Waals surface area contributed by atoms with Crippen LogP contribution in [0.2, 0.25) is 0 Å². The molecule has 2 aromatic rings. The molecule has 0 aliphatic rings. The van der Waals surface area contributed by atoms with Gasteiger partial charge in [0.2, 0.25) is 0 Å². The lowest BCUT2D eigenvalue weighted by molar-refractivity contribution is 0.0950. The van der Waals surface area contributed by atoms with Crippen molar-refractivity contribution in [3.05, 3.63) is 51.4 Å². The molecule has 0 aliphatic heterocycles. The molecule has 21 heavy (non-hydrogen) atoms. The zero-order valence-corrected chi connectivity index (χ0v) is 13.2. The van der Waals surface area contributed by atoms with Gasteiger partial charge in [0.15, 0.2) is 11.5 Å². The van der Waals surface area contributed by atoms with Crippen molar-refractivity contribution in [3.8, 4) is 11.5 Å². The van der Waals surface area contributed by atoms with E-state index in [2.05, 4.69) is 15.5 Å². The first-order chi connectivity index (χ1) is 10.1. The van der Waals surface area contributed by atoms with Crippen LogP contribution in [0.3, 0.4) is 0 Å². The van der Waals surface area contributed by atoms with Crippen LogP contribution in [0, 0.1) is 3.57 Å². The molecule has 0 atom stereocenters. The van der Waals surface area contributed by atoms with Gasteiger partial charge in [-0.15, -0.1) is 0 Å². The fourth-order valence-electron chi connectivity index (χ4n) is 1.54. The van der Waals surface area contributed by atoms with Gasteiger partial charge >= 0.3 is 0 Å². The molecule has 0 aliphatic carbocycles. The highest BCUT2D eigenvalue weighted by Crippen LogP contribution is 2.31. The highest BCUT2D eigenvalue weighted by Gasteiger charge is 2.08. The van der Waals surface area contributed by atoms with Crippen molar-refractivity contribution in [2.75, 3.05) is 7.11 Å². The van der Waals surface area contributed by atoms with Gasteiger partial charge in [-0.2, -0.15) is 5.10 Å². The number of phenolic OH excluding ortho intramolecular Hbond substituents is 1. The Kier molecular flexibility index (Phi) is 5.09. The predicted molar refractivity (Wildman–Crippen MR) is 86.7 cm³/mol. The molecule has 0 spiro atoms. The molecular formula is C14H12IN3O3. The standard InChI is InChI=1S/C14H12IN3O3/c1-21-12-7-9(6-10(15)13(12)19)8-17-18-14(20)11-4-2-3-5-16-11/h2-8,19H,1H3,(H,18,20). The first-order valence-corrected chi connectivity index (χ1v) is 7.00. The van der Waals surface area contributed by atoms with Crippen molar-refractivity contribution < 1.29 is 14.6 Å². The number of amides is 1. The number of methoxy groups -OCH3 is 1. The normalized spacial score (nSPS) is 10.6. The maximum absolute atomic E-state index is 11.7. The van der Waals surface area contributed by atoms with E-state index < -0.39 is 5.91 Å². The highest BCUT2D eigenvalue weighted by molar-refractivity contribution is 14.1. The number of benzene rings is 1. The highest BCUT2D eigenvalue weighted by atomic mass is 127. The summed E-state index contributed by atoms with van der Waals surface area (Å²) in [7, 11) is 1.47. The van der Waals surface area contributed by atoms with Crippen LogP contribution in [-0.4, -0.2) is 29.3 Å². The molecule has 1 heterocycles. The van der Waals surface area contributed by atoms with Crippen LogP contribution in [0.1, 0.15) is 16.1 Å². The maximum atomic E-state index is 11.7. The van der Waals surface area contributed by atoms with Gasteiger partial charge in [0.25, 0.3) is 5.91 Å². The second-order valence-corrected chi connectivity index (χ2v) is 5.13. The van der Waals surface area contributed by atoms with E-state index in [-0.39, 0.29) is 11.4 Å². The number of pyridine rings is 1. The van der Waals surface area contributed by atoms with E-state index in [9.17, 15) is 9.90 Å². The number of carbonyl (C=O) groups excluding carboxylic acids is 1. The number of hydrazone groups is 1. The Balaban J connectivity index is 2.08. The molecule has 0 fully saturated rings. The van der Waals surface area contributed by atoms with Gasteiger partial charge in [-0.05, 0) is 52.4 Å². The summed E-state index contributed by atoms with van der Waals surface area (Å²) in [5.41, 5.74) is 3.36. The summed E-state index contributed by atoms with van der Waals surface area (Å²) in [5.74, 6) is 0.0273. The van der Waals surface area contributed by atoms with Crippen molar-refractivity contribution in [1.82, 2.24) is 10.4 Å². The van der Waals surface area contributed by atoms with E-state index in [1.54, 1.807) is 30.3 Å². The van der Waals surface area contributed by atoms with Gasteiger partial charge in [-0.25, -0.2) is 5.43 Å². The molecular weight excluding hydrogens is 385 g/mol. The number of hydrogen-bond acceptors (Lipinski definition) is 5. The number of halogens is 1. The number of rotatable bonds is 4. The Morgan fingerprint density at radius 2 is 2.29 bits per heavy atom. The molecule has 6 nitrogen and oxygen atoms in total. The summed E-state index contributed by atoms with van der Waals surface area (Å²) in [6.07, 6.45) is 3.00. The Morgan fingerprint density at radius 3 is 2.95 bits per heavy atom. The lowest BCUT2D eigenvalue weighted by Gasteiger charge is -2.06. The second-order valence-electron chi connectivity index (χ2n) is 3.97. The predicted octanol–water partition coefficient (Wildman–Crippen LogP) is 2.16. The minimum absolute atomic E-state index is 0.0766. The van der Waals surface area contributed by atoms with E-state index >= 15 is 0 Å². The Morgan fingerprint density at radius 1 is 1.48 bits per heavy atom. The van der Waals surface area contributed by atoms with Gasteiger partial charge in [0.1, 0.15) is 5.69 Å². The van der Waals surface area contributed by atoms with E-state index in [0.29, 0.717) is 14.9 Å². The molecule has 0 saturated heterocycles. The number of ether oxygens (including phenoxy) is 1. The fraction of sp³-hybridized carbons (Fsp3) is 0.0714. The van der Waals surface area contributed by atoms with Crippen LogP contribution in [0.15, 0.2) is 41.6 Å². The third-order valence-electron chi connectivity index (χ3n) is 2.55. The molecule has 0 radical (unpaired) electrons. The molecule has 1 amide bonds. The Labute approximate surface area is 135 Å². The van der Waals surface area contributed by atoms with Crippen molar-refractivity contribution >= 4 is 34.7 Å². The molecule has 2 rings (SSSR count). The van der Waals surface area contributed by atoms with Gasteiger partial charge in [0, 0.05) is 6.20 Å². The molecule has 0 bridgehead atoms. The number of aromatic nitrogens is 1. The summed E-state index contributed by atoms with van der Waals surface area (Å²) >= 11 is 1.98. The second kappa shape index (κ2) is 7.02. The third-order valence-corrected chi connectivity index (χ3v) is 3.37. The number of nitrogens with one attached hydrogen (secondary N) is 1. The lowest BCUT2D eigenvalue weighted by atomic mass is 10.2. The van der Waals surface area contributed by atoms with Gasteiger partial charge in [-0.1, -0.05) is 6.07 Å². The summed E-state index contributed by atoms with van der Waals surface area (Å²) in [4.78, 5) is 15.6. The zero-order valence-electron chi connectivity index (χ0n) is 11.1. The number of aromatic hydroxyl groups is 1. The Hall–Kier alpha value is -2.16. The summed E-state index contributed by atoms with van der Waals surface area (Å²) in [6.45, 7) is 0. The molecule has 1 aromatic carbocycles. The van der Waals surface area contributed by atoms with Crippen molar-refractivity contribution in [2.24, 2.45) is 5.10 Å². The first kappa shape index (κ1) is 15.2. The number of nitrogens with zero attached hydrogens (tertiary/aromatic N) is 2. The molecule has 0 unspecified atom stereocenters. The van der Waals surface area contributed by atoms with E-state index in [1.165, 1.54) is 19.5 Å². The molecule has 2 N–H and O–H groups in total. The number of phenols is 1. The van der Waals surface area contributed by atoms with Crippen molar-refractivity contribution in [1.29, 1.82) is 0 Å². The summed E-state index contributed by atoms with van der Waals surface area (Å²) < 4.78 is 5.68. The molecule has 7 heteroatoms. The van der Waals surface area contributed by atoms with Crippen molar-refractivity contribution in [2.45, 2.75) is 0 Å². The van der Waals surface area contributed by atoms with Crippen LogP contribution in [0.4, 0.5) is 0 Å². The smallest absolute Gasteiger partial charge is 0.289 e. The van der Waals surface area contributed by atoms with Gasteiger partial charge < -0.3 is 9.84 Å². The van der Waals surface area contributed by atoms with E-state index in [0.717, 1.165) is 0 Å². The van der Waals surface area contributed by atoms with Gasteiger partial charge in [-0.3, -0.25) is 9.78 Å². The van der Waals surface area contributed by atoms with E-state index in [1.807, 2.05) is 22.6 Å². The largest absolute Gasteiger partial charge is 0.504 e. The third kappa shape index (κ3) is 3.91. The van der Waals surface area contributed by atoms with Crippen molar-refractivity contribution in [3.63, 3.8) is 0 Å². The van der Waals surface area contributed by atoms with Crippen LogP contribution in [-0.2, 0) is 0 Å². The average Bonchev–Trinajstić information content (AvgIpc) is 2.51. The number of carbonyl (C=O) groups is 1.